The van der Waals surface area contributed by atoms with E-state index in [1.807, 2.05) is 6.08 Å². The molecule has 2 unspecified atom stereocenters. The van der Waals surface area contributed by atoms with Gasteiger partial charge in [-0.3, -0.25) is 4.79 Å². The Morgan fingerprint density at radius 3 is 0.906 bits per heavy atom. The normalized spacial score (nSPS) is 13.0. The zero-order valence-corrected chi connectivity index (χ0v) is 43.6. The molecule has 4 nitrogen and oxygen atoms in total. The SMILES string of the molecule is CCCCCCCCCCCCCC/C=C\CCCCCCCCCCCCCCCCCC(=O)NC(CO)C(O)/C=C/CC/C=C/CCCCCCCCCCCCCCCCC. The molecule has 0 aliphatic carbocycles. The minimum atomic E-state index is -0.862. The summed E-state index contributed by atoms with van der Waals surface area (Å²) in [6.07, 6.45) is 76.1. The van der Waals surface area contributed by atoms with Gasteiger partial charge >= 0.3 is 0 Å². The second-order valence-electron chi connectivity index (χ2n) is 20.1. The molecule has 0 saturated carbocycles. The third-order valence-corrected chi connectivity index (χ3v) is 13.6. The standard InChI is InChI=1S/C60H115NO3/c1-3-5-7-9-11-13-15-17-19-21-23-25-26-27-28-29-30-31-32-33-34-36-38-40-42-44-46-48-50-52-54-56-60(64)61-58(57-62)59(63)55-53-51-49-47-45-43-41-39-37-35-24-22-20-18-16-14-12-10-8-6-4-2/h27-28,45,47,53,55,58-59,62-63H,3-26,29-44,46,48-52,54,56-57H2,1-2H3,(H,61,64)/b28-27-,47-45+,55-53+. The molecule has 0 aliphatic heterocycles. The Morgan fingerprint density at radius 2 is 0.609 bits per heavy atom. The molecule has 0 heterocycles. The van der Waals surface area contributed by atoms with E-state index in [4.69, 9.17) is 0 Å². The van der Waals surface area contributed by atoms with E-state index in [2.05, 4.69) is 43.5 Å². The van der Waals surface area contributed by atoms with Crippen LogP contribution in [0.1, 0.15) is 322 Å². The van der Waals surface area contributed by atoms with E-state index in [-0.39, 0.29) is 12.5 Å². The van der Waals surface area contributed by atoms with Crippen molar-refractivity contribution in [3.05, 3.63) is 36.5 Å². The van der Waals surface area contributed by atoms with Gasteiger partial charge in [-0.05, 0) is 57.8 Å². The first-order valence-corrected chi connectivity index (χ1v) is 29.2. The number of carbonyl (C=O) groups excluding carboxylic acids is 1. The van der Waals surface area contributed by atoms with Gasteiger partial charge in [-0.1, -0.05) is 294 Å². The Labute approximate surface area is 402 Å². The second kappa shape index (κ2) is 55.9. The lowest BCUT2D eigenvalue weighted by atomic mass is 10.0. The molecule has 3 N–H and O–H groups in total. The third-order valence-electron chi connectivity index (χ3n) is 13.6. The van der Waals surface area contributed by atoms with Crippen molar-refractivity contribution in [2.24, 2.45) is 0 Å². The maximum absolute atomic E-state index is 12.5. The predicted molar refractivity (Wildman–Crippen MR) is 285 cm³/mol. The average molecular weight is 899 g/mol. The van der Waals surface area contributed by atoms with E-state index in [0.717, 1.165) is 32.1 Å². The number of allylic oxidation sites excluding steroid dienone is 5. The molecule has 0 saturated heterocycles. The highest BCUT2D eigenvalue weighted by atomic mass is 16.3. The Kier molecular flexibility index (Phi) is 54.7. The maximum Gasteiger partial charge on any atom is 0.220 e. The van der Waals surface area contributed by atoms with E-state index in [1.54, 1.807) is 6.08 Å². The van der Waals surface area contributed by atoms with Gasteiger partial charge in [0.1, 0.15) is 0 Å². The van der Waals surface area contributed by atoms with Crippen LogP contribution in [0.4, 0.5) is 0 Å². The van der Waals surface area contributed by atoms with E-state index in [0.29, 0.717) is 6.42 Å². The van der Waals surface area contributed by atoms with Crippen LogP contribution in [0.25, 0.3) is 0 Å². The first-order valence-electron chi connectivity index (χ1n) is 29.2. The molecule has 0 aromatic rings. The Balaban J connectivity index is 3.48. The molecule has 2 atom stereocenters. The van der Waals surface area contributed by atoms with Crippen LogP contribution in [-0.2, 0) is 4.79 Å². The van der Waals surface area contributed by atoms with Gasteiger partial charge in [-0.25, -0.2) is 0 Å². The Morgan fingerprint density at radius 1 is 0.359 bits per heavy atom. The Bertz CT molecular complexity index is 974. The summed E-state index contributed by atoms with van der Waals surface area (Å²) in [6.45, 7) is 4.33. The highest BCUT2D eigenvalue weighted by molar-refractivity contribution is 5.76. The molecule has 4 heteroatoms. The van der Waals surface area contributed by atoms with Crippen molar-refractivity contribution in [2.45, 2.75) is 334 Å². The van der Waals surface area contributed by atoms with Crippen LogP contribution < -0.4 is 5.32 Å². The van der Waals surface area contributed by atoms with Crippen LogP contribution in [0.5, 0.6) is 0 Å². The number of unbranched alkanes of at least 4 members (excludes halogenated alkanes) is 43. The molecular weight excluding hydrogens is 783 g/mol. The smallest absolute Gasteiger partial charge is 0.220 e. The maximum atomic E-state index is 12.5. The number of carbonyl (C=O) groups is 1. The third kappa shape index (κ3) is 51.6. The number of aliphatic hydroxyl groups is 2. The molecule has 0 bridgehead atoms. The lowest BCUT2D eigenvalue weighted by molar-refractivity contribution is -0.123. The molecule has 0 rings (SSSR count). The number of hydrogen-bond donors (Lipinski definition) is 3. The highest BCUT2D eigenvalue weighted by Crippen LogP contribution is 2.17. The minimum absolute atomic E-state index is 0.0687. The van der Waals surface area contributed by atoms with Gasteiger partial charge in [0.25, 0.3) is 0 Å². The molecule has 0 aliphatic rings. The summed E-state index contributed by atoms with van der Waals surface area (Å²) in [7, 11) is 0. The number of nitrogens with one attached hydrogen (secondary N) is 1. The number of amides is 1. The quantitative estimate of drug-likeness (QED) is 0.0421. The van der Waals surface area contributed by atoms with Gasteiger partial charge in [-0.15, -0.1) is 0 Å². The largest absolute Gasteiger partial charge is 0.394 e. The van der Waals surface area contributed by atoms with Crippen molar-refractivity contribution in [2.75, 3.05) is 6.61 Å². The Hall–Kier alpha value is -1.39. The lowest BCUT2D eigenvalue weighted by Gasteiger charge is -2.19. The van der Waals surface area contributed by atoms with Crippen LogP contribution in [-0.4, -0.2) is 34.9 Å². The van der Waals surface area contributed by atoms with Crippen molar-refractivity contribution >= 4 is 5.91 Å². The number of rotatable bonds is 54. The van der Waals surface area contributed by atoms with Crippen LogP contribution >= 0.6 is 0 Å². The van der Waals surface area contributed by atoms with Crippen LogP contribution in [0, 0.1) is 0 Å². The zero-order valence-electron chi connectivity index (χ0n) is 43.6. The first kappa shape index (κ1) is 62.6. The van der Waals surface area contributed by atoms with Crippen LogP contribution in [0.15, 0.2) is 36.5 Å². The molecule has 378 valence electrons. The van der Waals surface area contributed by atoms with Gasteiger partial charge in [-0.2, -0.15) is 0 Å². The summed E-state index contributed by atoms with van der Waals surface area (Å²) in [5, 5.41) is 23.2. The second-order valence-corrected chi connectivity index (χ2v) is 20.1. The summed E-state index contributed by atoms with van der Waals surface area (Å²) in [4.78, 5) is 12.5. The highest BCUT2D eigenvalue weighted by Gasteiger charge is 2.18. The van der Waals surface area contributed by atoms with Crippen LogP contribution in [0.3, 0.4) is 0 Å². The summed E-state index contributed by atoms with van der Waals surface area (Å²) in [5.74, 6) is -0.0687. The van der Waals surface area contributed by atoms with Crippen molar-refractivity contribution in [3.8, 4) is 0 Å². The molecule has 0 radical (unpaired) electrons. The summed E-state index contributed by atoms with van der Waals surface area (Å²) >= 11 is 0. The molecule has 64 heavy (non-hydrogen) atoms. The van der Waals surface area contributed by atoms with Crippen molar-refractivity contribution in [3.63, 3.8) is 0 Å². The van der Waals surface area contributed by atoms with Gasteiger partial charge in [0, 0.05) is 6.42 Å². The zero-order chi connectivity index (χ0) is 46.3. The van der Waals surface area contributed by atoms with Crippen LogP contribution in [0.2, 0.25) is 0 Å². The monoisotopic (exact) mass is 898 g/mol. The first-order chi connectivity index (χ1) is 31.7. The van der Waals surface area contributed by atoms with Gasteiger partial charge in [0.2, 0.25) is 5.91 Å². The molecule has 0 aromatic heterocycles. The summed E-state index contributed by atoms with van der Waals surface area (Å²) in [5.41, 5.74) is 0. The molecule has 0 aromatic carbocycles. The molecule has 0 spiro atoms. The average Bonchev–Trinajstić information content (AvgIpc) is 3.30. The van der Waals surface area contributed by atoms with Crippen molar-refractivity contribution in [1.29, 1.82) is 0 Å². The van der Waals surface area contributed by atoms with Gasteiger partial charge < -0.3 is 15.5 Å². The van der Waals surface area contributed by atoms with Crippen molar-refractivity contribution in [1.82, 2.24) is 5.32 Å². The lowest BCUT2D eigenvalue weighted by Crippen LogP contribution is -2.45. The summed E-state index contributed by atoms with van der Waals surface area (Å²) < 4.78 is 0. The summed E-state index contributed by atoms with van der Waals surface area (Å²) in [6, 6.07) is -0.638. The van der Waals surface area contributed by atoms with Gasteiger partial charge in [0.15, 0.2) is 0 Å². The van der Waals surface area contributed by atoms with Crippen molar-refractivity contribution < 1.29 is 15.0 Å². The predicted octanol–water partition coefficient (Wildman–Crippen LogP) is 19.3. The fourth-order valence-electron chi connectivity index (χ4n) is 9.13. The minimum Gasteiger partial charge on any atom is -0.394 e. The van der Waals surface area contributed by atoms with E-state index < -0.39 is 12.1 Å². The fraction of sp³-hybridized carbons (Fsp3) is 0.883. The van der Waals surface area contributed by atoms with E-state index in [9.17, 15) is 15.0 Å². The fourth-order valence-corrected chi connectivity index (χ4v) is 9.13. The van der Waals surface area contributed by atoms with E-state index in [1.165, 1.54) is 270 Å². The molecule has 1 amide bonds. The number of hydrogen-bond acceptors (Lipinski definition) is 3. The van der Waals surface area contributed by atoms with E-state index >= 15 is 0 Å². The molecular formula is C60H115NO3. The van der Waals surface area contributed by atoms with Gasteiger partial charge in [0.05, 0.1) is 18.8 Å². The number of aliphatic hydroxyl groups excluding tert-OH is 2. The topological polar surface area (TPSA) is 69.6 Å². The molecule has 0 fully saturated rings.